The Morgan fingerprint density at radius 3 is 2.80 bits per heavy atom. The first-order valence-electron chi connectivity index (χ1n) is 4.79. The predicted octanol–water partition coefficient (Wildman–Crippen LogP) is 3.04. The highest BCUT2D eigenvalue weighted by Crippen LogP contribution is 2.29. The summed E-state index contributed by atoms with van der Waals surface area (Å²) in [5, 5.41) is -0.148. The number of ketones is 1. The van der Waals surface area contributed by atoms with E-state index < -0.39 is 11.6 Å². The standard InChI is InChI=1S/C11H10F2OS/c12-7-3-4-8(9(13)6-7)11(14)10-2-1-5-15-10/h3-4,6,10H,1-2,5H2. The zero-order valence-electron chi connectivity index (χ0n) is 8.00. The minimum atomic E-state index is -0.757. The lowest BCUT2D eigenvalue weighted by Gasteiger charge is -2.07. The molecule has 1 unspecified atom stereocenters. The van der Waals surface area contributed by atoms with Crippen molar-refractivity contribution in [3.63, 3.8) is 0 Å². The molecule has 0 aromatic heterocycles. The van der Waals surface area contributed by atoms with Crippen LogP contribution < -0.4 is 0 Å². The third kappa shape index (κ3) is 2.20. The molecule has 1 aromatic rings. The fourth-order valence-electron chi connectivity index (χ4n) is 1.65. The van der Waals surface area contributed by atoms with E-state index >= 15 is 0 Å². The van der Waals surface area contributed by atoms with Crippen molar-refractivity contribution in [2.45, 2.75) is 18.1 Å². The molecule has 1 aromatic carbocycles. The summed E-state index contributed by atoms with van der Waals surface area (Å²) in [7, 11) is 0. The summed E-state index contributed by atoms with van der Waals surface area (Å²) in [6, 6.07) is 3.11. The molecule has 80 valence electrons. The highest BCUT2D eigenvalue weighted by atomic mass is 32.2. The Balaban J connectivity index is 2.24. The van der Waals surface area contributed by atoms with Crippen molar-refractivity contribution in [2.75, 3.05) is 5.75 Å². The van der Waals surface area contributed by atoms with Crippen LogP contribution in [0.2, 0.25) is 0 Å². The van der Waals surface area contributed by atoms with Gasteiger partial charge in [-0.2, -0.15) is 11.8 Å². The number of carbonyl (C=O) groups is 1. The van der Waals surface area contributed by atoms with Crippen LogP contribution in [0.5, 0.6) is 0 Å². The summed E-state index contributed by atoms with van der Waals surface area (Å²) in [5.74, 6) is -0.676. The molecule has 0 saturated carbocycles. The highest BCUT2D eigenvalue weighted by molar-refractivity contribution is 8.00. The molecular formula is C11H10F2OS. The van der Waals surface area contributed by atoms with E-state index in [9.17, 15) is 13.6 Å². The molecule has 0 N–H and O–H groups in total. The summed E-state index contributed by atoms with van der Waals surface area (Å²) in [4.78, 5) is 11.8. The van der Waals surface area contributed by atoms with Crippen LogP contribution in [0.1, 0.15) is 23.2 Å². The van der Waals surface area contributed by atoms with Gasteiger partial charge in [-0.05, 0) is 30.7 Å². The van der Waals surface area contributed by atoms with Crippen molar-refractivity contribution in [1.82, 2.24) is 0 Å². The van der Waals surface area contributed by atoms with E-state index in [1.54, 1.807) is 11.8 Å². The molecule has 1 saturated heterocycles. The van der Waals surface area contributed by atoms with Crippen LogP contribution in [-0.4, -0.2) is 16.8 Å². The average Bonchev–Trinajstić information content (AvgIpc) is 2.69. The Morgan fingerprint density at radius 1 is 1.40 bits per heavy atom. The number of Topliss-reactive ketones (excluding diaryl/α,β-unsaturated/α-hetero) is 1. The molecule has 4 heteroatoms. The van der Waals surface area contributed by atoms with E-state index in [-0.39, 0.29) is 16.6 Å². The fraction of sp³-hybridized carbons (Fsp3) is 0.364. The lowest BCUT2D eigenvalue weighted by atomic mass is 10.0. The molecule has 1 atom stereocenters. The Kier molecular flexibility index (Phi) is 3.05. The van der Waals surface area contributed by atoms with E-state index in [1.165, 1.54) is 6.07 Å². The second kappa shape index (κ2) is 4.31. The molecule has 1 heterocycles. The van der Waals surface area contributed by atoms with Crippen LogP contribution in [0.25, 0.3) is 0 Å². The topological polar surface area (TPSA) is 17.1 Å². The lowest BCUT2D eigenvalue weighted by molar-refractivity contribution is 0.0984. The first kappa shape index (κ1) is 10.6. The maximum Gasteiger partial charge on any atom is 0.178 e. The van der Waals surface area contributed by atoms with Crippen LogP contribution in [0.4, 0.5) is 8.78 Å². The zero-order valence-corrected chi connectivity index (χ0v) is 8.82. The number of carbonyl (C=O) groups excluding carboxylic acids is 1. The van der Waals surface area contributed by atoms with Crippen LogP contribution in [-0.2, 0) is 0 Å². The molecule has 2 rings (SSSR count). The van der Waals surface area contributed by atoms with Crippen LogP contribution in [0, 0.1) is 11.6 Å². The number of halogens is 2. The third-order valence-corrected chi connectivity index (χ3v) is 3.80. The quantitative estimate of drug-likeness (QED) is 0.724. The molecule has 0 spiro atoms. The Labute approximate surface area is 90.9 Å². The van der Waals surface area contributed by atoms with E-state index in [0.29, 0.717) is 0 Å². The van der Waals surface area contributed by atoms with Gasteiger partial charge in [0.15, 0.2) is 5.78 Å². The summed E-state index contributed by atoms with van der Waals surface area (Å²) in [6.45, 7) is 0. The average molecular weight is 228 g/mol. The number of rotatable bonds is 2. The number of thioether (sulfide) groups is 1. The SMILES string of the molecule is O=C(c1ccc(F)cc1F)C1CCCS1. The summed E-state index contributed by atoms with van der Waals surface area (Å²) < 4.78 is 25.9. The van der Waals surface area contributed by atoms with Crippen molar-refractivity contribution in [3.05, 3.63) is 35.4 Å². The van der Waals surface area contributed by atoms with Gasteiger partial charge >= 0.3 is 0 Å². The van der Waals surface area contributed by atoms with Gasteiger partial charge < -0.3 is 0 Å². The van der Waals surface area contributed by atoms with E-state index in [1.807, 2.05) is 0 Å². The molecule has 0 amide bonds. The molecule has 0 bridgehead atoms. The molecule has 0 radical (unpaired) electrons. The van der Waals surface area contributed by atoms with Gasteiger partial charge in [0.05, 0.1) is 10.8 Å². The van der Waals surface area contributed by atoms with E-state index in [0.717, 1.165) is 30.7 Å². The van der Waals surface area contributed by atoms with Crippen molar-refractivity contribution < 1.29 is 13.6 Å². The number of hydrogen-bond donors (Lipinski definition) is 0. The molecular weight excluding hydrogens is 218 g/mol. The van der Waals surface area contributed by atoms with Gasteiger partial charge in [-0.15, -0.1) is 0 Å². The minimum Gasteiger partial charge on any atom is -0.293 e. The minimum absolute atomic E-state index is 0.0100. The van der Waals surface area contributed by atoms with Gasteiger partial charge in [-0.1, -0.05) is 0 Å². The van der Waals surface area contributed by atoms with Crippen LogP contribution in [0.15, 0.2) is 18.2 Å². The Morgan fingerprint density at radius 2 is 2.20 bits per heavy atom. The van der Waals surface area contributed by atoms with Gasteiger partial charge in [-0.3, -0.25) is 4.79 Å². The third-order valence-electron chi connectivity index (χ3n) is 2.42. The Hall–Kier alpha value is -0.900. The Bertz CT molecular complexity index is 386. The highest BCUT2D eigenvalue weighted by Gasteiger charge is 2.26. The number of hydrogen-bond acceptors (Lipinski definition) is 2. The van der Waals surface area contributed by atoms with Crippen molar-refractivity contribution in [1.29, 1.82) is 0 Å². The van der Waals surface area contributed by atoms with Gasteiger partial charge in [0.1, 0.15) is 11.6 Å². The van der Waals surface area contributed by atoms with Gasteiger partial charge in [0.2, 0.25) is 0 Å². The van der Waals surface area contributed by atoms with Gasteiger partial charge in [-0.25, -0.2) is 8.78 Å². The van der Waals surface area contributed by atoms with Gasteiger partial charge in [0.25, 0.3) is 0 Å². The summed E-state index contributed by atoms with van der Waals surface area (Å²) in [5.41, 5.74) is 0.0100. The summed E-state index contributed by atoms with van der Waals surface area (Å²) in [6.07, 6.45) is 1.78. The second-order valence-corrected chi connectivity index (χ2v) is 4.80. The maximum absolute atomic E-state index is 13.3. The molecule has 1 nitrogen and oxygen atoms in total. The van der Waals surface area contributed by atoms with Crippen molar-refractivity contribution in [3.8, 4) is 0 Å². The molecule has 1 aliphatic rings. The first-order valence-corrected chi connectivity index (χ1v) is 5.84. The monoisotopic (exact) mass is 228 g/mol. The fourth-order valence-corrected chi connectivity index (χ4v) is 2.88. The normalized spacial score (nSPS) is 20.5. The number of benzene rings is 1. The van der Waals surface area contributed by atoms with E-state index in [2.05, 4.69) is 0 Å². The molecule has 15 heavy (non-hydrogen) atoms. The van der Waals surface area contributed by atoms with Crippen molar-refractivity contribution >= 4 is 17.5 Å². The maximum atomic E-state index is 13.3. The lowest BCUT2D eigenvalue weighted by Crippen LogP contribution is -2.15. The van der Waals surface area contributed by atoms with Crippen molar-refractivity contribution in [2.24, 2.45) is 0 Å². The summed E-state index contributed by atoms with van der Waals surface area (Å²) >= 11 is 1.55. The van der Waals surface area contributed by atoms with E-state index in [4.69, 9.17) is 0 Å². The molecule has 1 fully saturated rings. The predicted molar refractivity (Wildman–Crippen MR) is 56.2 cm³/mol. The molecule has 0 aliphatic carbocycles. The van der Waals surface area contributed by atoms with Crippen LogP contribution >= 0.6 is 11.8 Å². The molecule has 1 aliphatic heterocycles. The van der Waals surface area contributed by atoms with Gasteiger partial charge in [0, 0.05) is 6.07 Å². The second-order valence-electron chi connectivity index (χ2n) is 3.49. The first-order chi connectivity index (χ1) is 7.18. The largest absolute Gasteiger partial charge is 0.293 e. The van der Waals surface area contributed by atoms with Crippen LogP contribution in [0.3, 0.4) is 0 Å². The smallest absolute Gasteiger partial charge is 0.178 e. The zero-order chi connectivity index (χ0) is 10.8.